The topological polar surface area (TPSA) is 18.5 Å². The highest BCUT2D eigenvalue weighted by atomic mass is 28.4. The van der Waals surface area contributed by atoms with Crippen molar-refractivity contribution in [3.8, 4) is 11.5 Å². The van der Waals surface area contributed by atoms with Crippen molar-refractivity contribution in [1.29, 1.82) is 0 Å². The van der Waals surface area contributed by atoms with Crippen LogP contribution in [0.25, 0.3) is 0 Å². The molecule has 0 aromatic heterocycles. The maximum absolute atomic E-state index is 7.29. The Morgan fingerprint density at radius 2 is 1.30 bits per heavy atom. The van der Waals surface area contributed by atoms with Gasteiger partial charge in [0, 0.05) is 23.6 Å². The summed E-state index contributed by atoms with van der Waals surface area (Å²) < 4.78 is 14.6. The van der Waals surface area contributed by atoms with Crippen LogP contribution in [0.1, 0.15) is 81.0 Å². The van der Waals surface area contributed by atoms with Crippen LogP contribution in [0.5, 0.6) is 11.5 Å². The number of aryl methyl sites for hydroxylation is 1. The molecule has 0 saturated carbocycles. The smallest absolute Gasteiger partial charge is 0.249 e. The van der Waals surface area contributed by atoms with Crippen molar-refractivity contribution in [3.63, 3.8) is 0 Å². The van der Waals surface area contributed by atoms with Crippen LogP contribution in [0, 0.1) is 5.92 Å². The van der Waals surface area contributed by atoms with Gasteiger partial charge in [0.05, 0.1) is 0 Å². The monoisotopic (exact) mass is 610 g/mol. The van der Waals surface area contributed by atoms with Crippen molar-refractivity contribution in [2.24, 2.45) is 5.92 Å². The summed E-state index contributed by atoms with van der Waals surface area (Å²) in [6.45, 7) is 20.7. The Kier molecular flexibility index (Phi) is 11.4. The lowest BCUT2D eigenvalue weighted by atomic mass is 9.73. The fraction of sp³-hybridized carbons (Fsp3) is 0.436. The summed E-state index contributed by atoms with van der Waals surface area (Å²) in [4.78, 5) is 0. The molecule has 0 saturated heterocycles. The van der Waals surface area contributed by atoms with Crippen molar-refractivity contribution >= 4 is 16.6 Å². The minimum atomic E-state index is -2.14. The van der Waals surface area contributed by atoms with Crippen molar-refractivity contribution in [2.75, 3.05) is 0 Å². The first-order valence-electron chi connectivity index (χ1n) is 16.4. The minimum Gasteiger partial charge on any atom is -0.543 e. The van der Waals surface area contributed by atoms with Gasteiger partial charge in [0.2, 0.25) is 16.6 Å². The SMILES string of the molecule is C=C(C)[C@@H]1CCC(C)=C[C@H]1c1c(O[Si](C)(C)Cc2ccccc2)cc(CCCCC)cc1O[Si](C)(C)Cc1ccccc1. The molecule has 4 heteroatoms. The molecular weight excluding hydrogens is 557 g/mol. The van der Waals surface area contributed by atoms with E-state index in [1.807, 2.05) is 0 Å². The summed E-state index contributed by atoms with van der Waals surface area (Å²) >= 11 is 0. The molecule has 0 unspecified atom stereocenters. The van der Waals surface area contributed by atoms with E-state index in [1.54, 1.807) is 0 Å². The zero-order chi connectivity index (χ0) is 31.0. The van der Waals surface area contributed by atoms with Crippen LogP contribution >= 0.6 is 0 Å². The van der Waals surface area contributed by atoms with Crippen molar-refractivity contribution in [2.45, 2.75) is 103 Å². The Bertz CT molecular complexity index is 1300. The van der Waals surface area contributed by atoms with E-state index in [4.69, 9.17) is 8.85 Å². The summed E-state index contributed by atoms with van der Waals surface area (Å²) in [6, 6.07) is 28.4. The van der Waals surface area contributed by atoms with Gasteiger partial charge in [0.15, 0.2) is 0 Å². The third-order valence-corrected chi connectivity index (χ3v) is 12.7. The number of hydrogen-bond donors (Lipinski definition) is 0. The number of allylic oxidation sites excluding steroid dienone is 3. The zero-order valence-electron chi connectivity index (χ0n) is 27.8. The lowest BCUT2D eigenvalue weighted by molar-refractivity contribution is 0.445. The third kappa shape index (κ3) is 9.58. The largest absolute Gasteiger partial charge is 0.543 e. The number of hydrogen-bond acceptors (Lipinski definition) is 2. The van der Waals surface area contributed by atoms with Crippen LogP contribution < -0.4 is 8.85 Å². The fourth-order valence-corrected chi connectivity index (χ4v) is 10.7. The summed E-state index contributed by atoms with van der Waals surface area (Å²) in [5.41, 5.74) is 7.97. The quantitative estimate of drug-likeness (QED) is 0.103. The van der Waals surface area contributed by atoms with Crippen molar-refractivity contribution in [3.05, 3.63) is 119 Å². The van der Waals surface area contributed by atoms with Gasteiger partial charge in [-0.05, 0) is 100 Å². The van der Waals surface area contributed by atoms with Crippen LogP contribution in [0.3, 0.4) is 0 Å². The van der Waals surface area contributed by atoms with Gasteiger partial charge < -0.3 is 8.85 Å². The molecule has 0 amide bonds. The van der Waals surface area contributed by atoms with E-state index in [0.29, 0.717) is 5.92 Å². The maximum atomic E-state index is 7.29. The minimum absolute atomic E-state index is 0.198. The molecule has 4 rings (SSSR count). The molecule has 0 aliphatic heterocycles. The van der Waals surface area contributed by atoms with E-state index in [1.165, 1.54) is 52.7 Å². The second-order valence-corrected chi connectivity index (χ2v) is 22.2. The molecule has 43 heavy (non-hydrogen) atoms. The lowest BCUT2D eigenvalue weighted by Gasteiger charge is -2.36. The second-order valence-electron chi connectivity index (χ2n) is 14.0. The van der Waals surface area contributed by atoms with Gasteiger partial charge in [-0.2, -0.15) is 0 Å². The van der Waals surface area contributed by atoms with Gasteiger partial charge in [-0.3, -0.25) is 0 Å². The number of unbranched alkanes of at least 4 members (excludes halogenated alkanes) is 2. The Morgan fingerprint density at radius 3 is 1.77 bits per heavy atom. The molecule has 0 heterocycles. The highest BCUT2D eigenvalue weighted by molar-refractivity contribution is 6.71. The highest BCUT2D eigenvalue weighted by Gasteiger charge is 2.36. The van der Waals surface area contributed by atoms with Gasteiger partial charge >= 0.3 is 0 Å². The predicted octanol–water partition coefficient (Wildman–Crippen LogP) is 11.2. The van der Waals surface area contributed by atoms with Gasteiger partial charge in [-0.25, -0.2) is 0 Å². The first-order chi connectivity index (χ1) is 20.5. The number of benzene rings is 3. The molecular formula is C39H54O2Si2. The van der Waals surface area contributed by atoms with E-state index >= 15 is 0 Å². The van der Waals surface area contributed by atoms with Gasteiger partial charge in [0.1, 0.15) is 11.5 Å². The molecule has 1 aliphatic carbocycles. The molecule has 1 aliphatic rings. The van der Waals surface area contributed by atoms with Crippen LogP contribution in [0.15, 0.2) is 96.6 Å². The van der Waals surface area contributed by atoms with E-state index in [2.05, 4.69) is 132 Å². The summed E-state index contributed by atoms with van der Waals surface area (Å²) in [5.74, 6) is 2.66. The molecule has 3 aromatic carbocycles. The Morgan fingerprint density at radius 1 is 0.791 bits per heavy atom. The number of rotatable bonds is 14. The zero-order valence-corrected chi connectivity index (χ0v) is 29.8. The third-order valence-electron chi connectivity index (χ3n) is 8.66. The molecule has 0 fully saturated rings. The second kappa shape index (κ2) is 14.8. The maximum Gasteiger partial charge on any atom is 0.249 e. The summed E-state index contributed by atoms with van der Waals surface area (Å²) in [6.07, 6.45) is 9.41. The van der Waals surface area contributed by atoms with Gasteiger partial charge in [0.25, 0.3) is 0 Å². The normalized spacial score (nSPS) is 17.3. The molecule has 230 valence electrons. The predicted molar refractivity (Wildman–Crippen MR) is 190 cm³/mol. The highest BCUT2D eigenvalue weighted by Crippen LogP contribution is 2.48. The molecule has 3 aromatic rings. The average molecular weight is 611 g/mol. The standard InChI is InChI=1S/C39H54O2Si2/c1-9-10-13-22-34-26-37(40-42(5,6)28-32-18-14-11-15-19-32)39(36-25-31(4)23-24-35(36)30(2)3)38(27-34)41-43(7,8)29-33-20-16-12-17-21-33/h11-12,14-21,25-27,35-36H,2,9-10,13,22-24,28-29H2,1,3-8H3/t35-,36+/m0/s1. The van der Waals surface area contributed by atoms with Crippen LogP contribution in [-0.2, 0) is 18.5 Å². The molecule has 0 bridgehead atoms. The van der Waals surface area contributed by atoms with E-state index in [9.17, 15) is 0 Å². The van der Waals surface area contributed by atoms with Gasteiger partial charge in [-0.15, -0.1) is 0 Å². The molecule has 0 spiro atoms. The molecule has 0 N–H and O–H groups in total. The van der Waals surface area contributed by atoms with E-state index in [-0.39, 0.29) is 5.92 Å². The fourth-order valence-electron chi connectivity index (χ4n) is 6.62. The van der Waals surface area contributed by atoms with Crippen molar-refractivity contribution < 1.29 is 8.85 Å². The summed E-state index contributed by atoms with van der Waals surface area (Å²) in [5, 5.41) is 0. The van der Waals surface area contributed by atoms with Crippen molar-refractivity contribution in [1.82, 2.24) is 0 Å². The summed E-state index contributed by atoms with van der Waals surface area (Å²) in [7, 11) is -4.27. The average Bonchev–Trinajstić information content (AvgIpc) is 2.93. The first-order valence-corrected chi connectivity index (χ1v) is 22.6. The Balaban J connectivity index is 1.84. The molecule has 2 nitrogen and oxygen atoms in total. The lowest BCUT2D eigenvalue weighted by Crippen LogP contribution is -2.39. The van der Waals surface area contributed by atoms with Crippen LogP contribution in [0.2, 0.25) is 26.2 Å². The Labute approximate surface area is 264 Å². The first kappa shape index (κ1) is 33.1. The van der Waals surface area contributed by atoms with E-state index in [0.717, 1.165) is 42.8 Å². The van der Waals surface area contributed by atoms with Gasteiger partial charge in [-0.1, -0.05) is 104 Å². The van der Waals surface area contributed by atoms with Crippen LogP contribution in [-0.4, -0.2) is 16.6 Å². The Hall–Kier alpha value is -2.83. The molecule has 2 atom stereocenters. The van der Waals surface area contributed by atoms with E-state index < -0.39 is 16.6 Å². The molecule has 0 radical (unpaired) electrons. The van der Waals surface area contributed by atoms with Crippen LogP contribution in [0.4, 0.5) is 0 Å².